The third kappa shape index (κ3) is 4.03. The summed E-state index contributed by atoms with van der Waals surface area (Å²) in [6.45, 7) is 13.0. The van der Waals surface area contributed by atoms with Crippen molar-refractivity contribution < 1.29 is 33.7 Å². The fourth-order valence-electron chi connectivity index (χ4n) is 6.71. The molecule has 0 saturated carbocycles. The number of rotatable bonds is 11. The number of benzene rings is 1. The van der Waals surface area contributed by atoms with Crippen LogP contribution in [0.25, 0.3) is 0 Å². The lowest BCUT2D eigenvalue weighted by molar-refractivity contribution is -0.161. The molecule has 4 rings (SSSR count). The molecule has 3 saturated heterocycles. The number of anilines is 1. The number of carbonyl (C=O) groups excluding carboxylic acids is 3. The normalized spacial score (nSPS) is 32.0. The summed E-state index contributed by atoms with van der Waals surface area (Å²) in [7, 11) is 1.56. The van der Waals surface area contributed by atoms with Crippen LogP contribution in [0, 0.1) is 17.8 Å². The molecule has 3 aliphatic heterocycles. The van der Waals surface area contributed by atoms with E-state index in [1.54, 1.807) is 42.4 Å². The van der Waals surface area contributed by atoms with E-state index < -0.39 is 41.1 Å². The molecule has 7 atom stereocenters. The lowest BCUT2D eigenvalue weighted by atomic mass is 9.62. The summed E-state index contributed by atoms with van der Waals surface area (Å²) in [4.78, 5) is 45.1. The number of amides is 2. The van der Waals surface area contributed by atoms with E-state index in [9.17, 15) is 19.5 Å². The third-order valence-electron chi connectivity index (χ3n) is 8.62. The van der Waals surface area contributed by atoms with Crippen LogP contribution in [-0.4, -0.2) is 77.9 Å². The molecule has 9 heteroatoms. The maximum absolute atomic E-state index is 14.5. The Hall–Kier alpha value is -3.17. The van der Waals surface area contributed by atoms with Crippen molar-refractivity contribution in [3.63, 3.8) is 0 Å². The first-order chi connectivity index (χ1) is 18.1. The predicted molar refractivity (Wildman–Crippen MR) is 141 cm³/mol. The highest BCUT2D eigenvalue weighted by Crippen LogP contribution is 2.65. The summed E-state index contributed by atoms with van der Waals surface area (Å²) in [5.74, 6) is -2.53. The van der Waals surface area contributed by atoms with E-state index in [0.29, 0.717) is 24.3 Å². The summed E-state index contributed by atoms with van der Waals surface area (Å²) in [5.41, 5.74) is -1.61. The number of nitrogens with zero attached hydrogens (tertiary/aromatic N) is 2. The first-order valence-corrected chi connectivity index (χ1v) is 13.1. The Kier molecular flexibility index (Phi) is 7.72. The van der Waals surface area contributed by atoms with Crippen molar-refractivity contribution in [3.8, 4) is 5.75 Å². The summed E-state index contributed by atoms with van der Waals surface area (Å²) in [6.07, 6.45) is 3.94. The van der Waals surface area contributed by atoms with Gasteiger partial charge in [0, 0.05) is 12.2 Å². The topological polar surface area (TPSA) is 106 Å². The molecular formula is C29H38N2O7. The largest absolute Gasteiger partial charge is 0.497 e. The lowest BCUT2D eigenvalue weighted by Gasteiger charge is -2.39. The van der Waals surface area contributed by atoms with E-state index in [1.165, 1.54) is 11.0 Å². The van der Waals surface area contributed by atoms with Gasteiger partial charge in [0.2, 0.25) is 5.91 Å². The van der Waals surface area contributed by atoms with Crippen LogP contribution < -0.4 is 9.64 Å². The van der Waals surface area contributed by atoms with Crippen molar-refractivity contribution in [2.24, 2.45) is 17.8 Å². The third-order valence-corrected chi connectivity index (χ3v) is 8.62. The average molecular weight is 527 g/mol. The molecule has 0 radical (unpaired) electrons. The van der Waals surface area contributed by atoms with E-state index in [1.807, 2.05) is 20.8 Å². The molecule has 206 valence electrons. The number of aliphatic hydroxyl groups is 1. The number of esters is 1. The zero-order valence-electron chi connectivity index (χ0n) is 22.6. The average Bonchev–Trinajstić information content (AvgIpc) is 3.43. The van der Waals surface area contributed by atoms with Gasteiger partial charge in [-0.1, -0.05) is 32.6 Å². The lowest BCUT2D eigenvalue weighted by Crippen LogP contribution is -2.59. The highest BCUT2D eigenvalue weighted by molar-refractivity contribution is 6.05. The van der Waals surface area contributed by atoms with E-state index in [-0.39, 0.29) is 37.5 Å². The molecule has 9 nitrogen and oxygen atoms in total. The molecule has 3 aliphatic rings. The molecule has 38 heavy (non-hydrogen) atoms. The van der Waals surface area contributed by atoms with Gasteiger partial charge < -0.3 is 29.1 Å². The fraction of sp³-hybridized carbons (Fsp3) is 0.552. The van der Waals surface area contributed by atoms with Crippen molar-refractivity contribution in [2.75, 3.05) is 31.8 Å². The molecule has 3 fully saturated rings. The van der Waals surface area contributed by atoms with E-state index in [4.69, 9.17) is 14.2 Å². The van der Waals surface area contributed by atoms with Gasteiger partial charge in [-0.2, -0.15) is 0 Å². The molecule has 2 bridgehead atoms. The minimum absolute atomic E-state index is 0.0125. The van der Waals surface area contributed by atoms with Crippen LogP contribution >= 0.6 is 0 Å². The highest BCUT2D eigenvalue weighted by atomic mass is 16.6. The van der Waals surface area contributed by atoms with Gasteiger partial charge in [-0.15, -0.1) is 6.58 Å². The van der Waals surface area contributed by atoms with E-state index >= 15 is 0 Å². The van der Waals surface area contributed by atoms with Gasteiger partial charge >= 0.3 is 5.97 Å². The van der Waals surface area contributed by atoms with Crippen molar-refractivity contribution >= 4 is 23.5 Å². The van der Waals surface area contributed by atoms with Crippen molar-refractivity contribution in [2.45, 2.75) is 56.9 Å². The second-order valence-corrected chi connectivity index (χ2v) is 10.5. The van der Waals surface area contributed by atoms with Gasteiger partial charge in [-0.25, -0.2) is 0 Å². The Labute approximate surface area is 224 Å². The number of carbonyl (C=O) groups is 3. The van der Waals surface area contributed by atoms with Gasteiger partial charge in [0.1, 0.15) is 29.9 Å². The van der Waals surface area contributed by atoms with Crippen LogP contribution in [0.15, 0.2) is 49.6 Å². The quantitative estimate of drug-likeness (QED) is 0.349. The minimum atomic E-state index is -1.24. The molecule has 1 spiro atoms. The minimum Gasteiger partial charge on any atom is -0.497 e. The van der Waals surface area contributed by atoms with E-state index in [0.717, 1.165) is 0 Å². The van der Waals surface area contributed by atoms with Gasteiger partial charge in [0.15, 0.2) is 0 Å². The number of hydrogen-bond acceptors (Lipinski definition) is 7. The molecule has 2 amide bonds. The standard InChI is InChI=1S/C29H38N2O7/c1-7-14-30(20-10-12-21(36-6)13-11-20)26(34)24-29-16-18(4)28(5,38-29)23(27(35)37-15-8-2)22(29)25(33)31(24)19(9-3)17-32/h7-8,10-13,18-19,22-24,32H,1-2,9,14-17H2,3-6H3/t18?,19-,22-,23-,24?,28+,29?/m0/s1. The van der Waals surface area contributed by atoms with E-state index in [2.05, 4.69) is 13.2 Å². The number of ether oxygens (including phenoxy) is 3. The van der Waals surface area contributed by atoms with Crippen LogP contribution in [-0.2, 0) is 23.9 Å². The summed E-state index contributed by atoms with van der Waals surface area (Å²) < 4.78 is 17.4. The maximum atomic E-state index is 14.5. The van der Waals surface area contributed by atoms with Crippen LogP contribution in [0.3, 0.4) is 0 Å². The van der Waals surface area contributed by atoms with Gasteiger partial charge in [-0.05, 0) is 49.9 Å². The molecule has 0 aromatic heterocycles. The number of aliphatic hydroxyl groups excluding tert-OH is 1. The zero-order chi connectivity index (χ0) is 27.8. The van der Waals surface area contributed by atoms with Crippen molar-refractivity contribution in [3.05, 3.63) is 49.6 Å². The van der Waals surface area contributed by atoms with Crippen molar-refractivity contribution in [1.29, 1.82) is 0 Å². The monoisotopic (exact) mass is 526 g/mol. The second kappa shape index (κ2) is 10.5. The Balaban J connectivity index is 1.84. The Morgan fingerprint density at radius 1 is 1.29 bits per heavy atom. The summed E-state index contributed by atoms with van der Waals surface area (Å²) >= 11 is 0. The number of likely N-dealkylation sites (tertiary alicyclic amines) is 1. The Morgan fingerprint density at radius 2 is 1.97 bits per heavy atom. The van der Waals surface area contributed by atoms with Gasteiger partial charge in [0.05, 0.1) is 31.3 Å². The molecule has 3 unspecified atom stereocenters. The zero-order valence-corrected chi connectivity index (χ0v) is 22.6. The smallest absolute Gasteiger partial charge is 0.313 e. The fourth-order valence-corrected chi connectivity index (χ4v) is 6.71. The van der Waals surface area contributed by atoms with Gasteiger partial charge in [0.25, 0.3) is 5.91 Å². The van der Waals surface area contributed by atoms with Crippen LogP contribution in [0.2, 0.25) is 0 Å². The molecule has 0 aliphatic carbocycles. The second-order valence-electron chi connectivity index (χ2n) is 10.5. The first-order valence-electron chi connectivity index (χ1n) is 13.1. The first kappa shape index (κ1) is 27.9. The number of hydrogen-bond donors (Lipinski definition) is 1. The predicted octanol–water partition coefficient (Wildman–Crippen LogP) is 2.72. The van der Waals surface area contributed by atoms with Gasteiger partial charge in [-0.3, -0.25) is 14.4 Å². The molecule has 1 aromatic carbocycles. The Bertz CT molecular complexity index is 1100. The highest BCUT2D eigenvalue weighted by Gasteiger charge is 2.80. The number of methoxy groups -OCH3 is 1. The summed E-state index contributed by atoms with van der Waals surface area (Å²) in [6, 6.07) is 5.39. The van der Waals surface area contributed by atoms with Crippen molar-refractivity contribution in [1.82, 2.24) is 4.90 Å². The molecule has 1 aromatic rings. The Morgan fingerprint density at radius 3 is 2.53 bits per heavy atom. The maximum Gasteiger partial charge on any atom is 0.313 e. The molecule has 1 N–H and O–H groups in total. The SMILES string of the molecule is C=CCOC(=O)[C@@H]1[C@H]2C(=O)N([C@@H](CC)CO)C(C(=O)N(CC=C)c3ccc(OC)cc3)C23CC(C)[C@@]1(C)O3. The van der Waals surface area contributed by atoms with Crippen LogP contribution in [0.1, 0.15) is 33.6 Å². The molecular weight excluding hydrogens is 488 g/mol. The number of fused-ring (bicyclic) bond motifs is 1. The van der Waals surface area contributed by atoms with Crippen LogP contribution in [0.4, 0.5) is 5.69 Å². The molecule has 3 heterocycles. The summed E-state index contributed by atoms with van der Waals surface area (Å²) in [5, 5.41) is 10.3. The van der Waals surface area contributed by atoms with Crippen LogP contribution in [0.5, 0.6) is 5.75 Å².